The van der Waals surface area contributed by atoms with E-state index in [4.69, 9.17) is 9.47 Å². The van der Waals surface area contributed by atoms with Crippen molar-refractivity contribution in [1.29, 1.82) is 0 Å². The molecule has 0 unspecified atom stereocenters. The van der Waals surface area contributed by atoms with Crippen LogP contribution in [0, 0.1) is 0 Å². The van der Waals surface area contributed by atoms with Crippen LogP contribution in [0.25, 0.3) is 0 Å². The minimum atomic E-state index is -3.45. The molecular weight excluding hydrogens is 220 g/mol. The fourth-order valence-electron chi connectivity index (χ4n) is 1.47. The zero-order chi connectivity index (χ0) is 10.5. The van der Waals surface area contributed by atoms with E-state index >= 15 is 0 Å². The number of nitrogens with zero attached hydrogens (tertiary/aromatic N) is 1. The van der Waals surface area contributed by atoms with Gasteiger partial charge in [0.25, 0.3) is 0 Å². The van der Waals surface area contributed by atoms with E-state index in [0.29, 0.717) is 17.2 Å². The minimum Gasteiger partial charge on any atom is -0.454 e. The Hall–Kier alpha value is -1.76. The highest BCUT2D eigenvalue weighted by molar-refractivity contribution is 8.04. The van der Waals surface area contributed by atoms with Crippen molar-refractivity contribution in [3.05, 3.63) is 12.1 Å². The molecule has 0 saturated carbocycles. The first-order chi connectivity index (χ1) is 7.17. The molecule has 0 atom stereocenters. The Labute approximate surface area is 85.4 Å². The van der Waals surface area contributed by atoms with Crippen LogP contribution in [0.5, 0.6) is 11.5 Å². The fraction of sp³-hybridized carbons (Fsp3) is 0.125. The summed E-state index contributed by atoms with van der Waals surface area (Å²) >= 11 is 0. The highest BCUT2D eigenvalue weighted by atomic mass is 32.2. The summed E-state index contributed by atoms with van der Waals surface area (Å²) in [6.45, 7) is 0.110. The molecule has 2 aliphatic rings. The highest BCUT2D eigenvalue weighted by Gasteiger charge is 2.25. The number of nitrogens with one attached hydrogen (secondary N) is 1. The first-order valence-electron chi connectivity index (χ1n) is 4.15. The molecule has 0 aromatic heterocycles. The molecule has 0 bridgehead atoms. The van der Waals surface area contributed by atoms with Gasteiger partial charge in [0.15, 0.2) is 11.5 Å². The average Bonchev–Trinajstić information content (AvgIpc) is 2.62. The van der Waals surface area contributed by atoms with Crippen LogP contribution in [0.1, 0.15) is 0 Å². The SMILES string of the molecule is O=S1(=O)C=NNc2cc3c(cc21)OCO3. The number of anilines is 1. The number of fused-ring (bicyclic) bond motifs is 2. The van der Waals surface area contributed by atoms with Crippen molar-refractivity contribution in [2.75, 3.05) is 12.2 Å². The maximum absolute atomic E-state index is 11.6. The summed E-state index contributed by atoms with van der Waals surface area (Å²) in [5.74, 6) is 0.961. The van der Waals surface area contributed by atoms with Gasteiger partial charge in [0, 0.05) is 12.1 Å². The van der Waals surface area contributed by atoms with E-state index in [-0.39, 0.29) is 11.7 Å². The van der Waals surface area contributed by atoms with Crippen molar-refractivity contribution < 1.29 is 17.9 Å². The van der Waals surface area contributed by atoms with Gasteiger partial charge in [-0.15, -0.1) is 0 Å². The number of hydrazone groups is 1. The Bertz CT molecular complexity index is 564. The average molecular weight is 226 g/mol. The first-order valence-corrected chi connectivity index (χ1v) is 5.69. The number of sulfone groups is 1. The van der Waals surface area contributed by atoms with Crippen LogP contribution in [0.4, 0.5) is 5.69 Å². The molecule has 0 saturated heterocycles. The third kappa shape index (κ3) is 1.16. The largest absolute Gasteiger partial charge is 0.454 e. The molecule has 0 amide bonds. The summed E-state index contributed by atoms with van der Waals surface area (Å²) in [6.07, 6.45) is 0. The van der Waals surface area contributed by atoms with E-state index in [1.807, 2.05) is 0 Å². The Morgan fingerprint density at radius 1 is 1.27 bits per heavy atom. The molecule has 3 rings (SSSR count). The molecule has 1 aromatic carbocycles. The van der Waals surface area contributed by atoms with Gasteiger partial charge in [-0.3, -0.25) is 5.43 Å². The quantitative estimate of drug-likeness (QED) is 0.699. The molecular formula is C8H6N2O4S. The van der Waals surface area contributed by atoms with Gasteiger partial charge in [-0.1, -0.05) is 0 Å². The highest BCUT2D eigenvalue weighted by Crippen LogP contribution is 2.39. The van der Waals surface area contributed by atoms with Gasteiger partial charge < -0.3 is 9.47 Å². The molecule has 0 spiro atoms. The summed E-state index contributed by atoms with van der Waals surface area (Å²) in [6, 6.07) is 3.00. The predicted molar refractivity (Wildman–Crippen MR) is 51.9 cm³/mol. The molecule has 0 fully saturated rings. The second-order valence-electron chi connectivity index (χ2n) is 3.09. The summed E-state index contributed by atoms with van der Waals surface area (Å²) in [4.78, 5) is 0.154. The molecule has 78 valence electrons. The number of benzene rings is 1. The molecule has 2 aliphatic heterocycles. The topological polar surface area (TPSA) is 77.0 Å². The molecule has 6 nitrogen and oxygen atoms in total. The van der Waals surface area contributed by atoms with Gasteiger partial charge in [-0.2, -0.15) is 5.10 Å². The number of hydrogen-bond donors (Lipinski definition) is 1. The van der Waals surface area contributed by atoms with Crippen LogP contribution >= 0.6 is 0 Å². The number of rotatable bonds is 0. The Morgan fingerprint density at radius 3 is 2.80 bits per heavy atom. The second-order valence-corrected chi connectivity index (χ2v) is 4.83. The maximum atomic E-state index is 11.6. The van der Waals surface area contributed by atoms with Gasteiger partial charge in [0.2, 0.25) is 16.6 Å². The van der Waals surface area contributed by atoms with Gasteiger partial charge in [0.1, 0.15) is 10.4 Å². The van der Waals surface area contributed by atoms with Gasteiger partial charge in [0.05, 0.1) is 5.69 Å². The summed E-state index contributed by atoms with van der Waals surface area (Å²) < 4.78 is 33.4. The molecule has 7 heteroatoms. The molecule has 0 radical (unpaired) electrons. The summed E-state index contributed by atoms with van der Waals surface area (Å²) in [5, 5.41) is 3.54. The van der Waals surface area contributed by atoms with Gasteiger partial charge >= 0.3 is 0 Å². The second kappa shape index (κ2) is 2.63. The predicted octanol–water partition coefficient (Wildman–Crippen LogP) is 0.558. The van der Waals surface area contributed by atoms with Crippen molar-refractivity contribution in [2.24, 2.45) is 5.10 Å². The third-order valence-electron chi connectivity index (χ3n) is 2.16. The fourth-order valence-corrected chi connectivity index (χ4v) is 2.46. The lowest BCUT2D eigenvalue weighted by atomic mass is 10.3. The number of ether oxygens (including phenoxy) is 2. The first kappa shape index (κ1) is 8.54. The maximum Gasteiger partial charge on any atom is 0.231 e. The van der Waals surface area contributed by atoms with Gasteiger partial charge in [-0.25, -0.2) is 8.42 Å². The molecule has 15 heavy (non-hydrogen) atoms. The lowest BCUT2D eigenvalue weighted by Crippen LogP contribution is -2.11. The van der Waals surface area contributed by atoms with Crippen LogP contribution in [0.3, 0.4) is 0 Å². The third-order valence-corrected chi connectivity index (χ3v) is 3.49. The standard InChI is InChI=1S/C8H6N2O4S/c11-15(12)3-9-10-5-1-6-7(2-8(5)15)14-4-13-6/h1-3,10H,4H2. The normalized spacial score (nSPS) is 19.5. The lowest BCUT2D eigenvalue weighted by molar-refractivity contribution is 0.174. The van der Waals surface area contributed by atoms with E-state index in [1.165, 1.54) is 6.07 Å². The smallest absolute Gasteiger partial charge is 0.231 e. The monoisotopic (exact) mass is 226 g/mol. The van der Waals surface area contributed by atoms with Crippen molar-refractivity contribution >= 4 is 21.1 Å². The minimum absolute atomic E-state index is 0.110. The van der Waals surface area contributed by atoms with Crippen molar-refractivity contribution in [1.82, 2.24) is 0 Å². The summed E-state index contributed by atoms with van der Waals surface area (Å²) in [5.41, 5.74) is 3.88. The van der Waals surface area contributed by atoms with Gasteiger partial charge in [-0.05, 0) is 0 Å². The Morgan fingerprint density at radius 2 is 2.00 bits per heavy atom. The van der Waals surface area contributed by atoms with Crippen LogP contribution in [-0.2, 0) is 9.84 Å². The van der Waals surface area contributed by atoms with Crippen LogP contribution in [-0.4, -0.2) is 20.8 Å². The van der Waals surface area contributed by atoms with Crippen molar-refractivity contribution in [3.63, 3.8) is 0 Å². The van der Waals surface area contributed by atoms with E-state index < -0.39 is 9.84 Å². The zero-order valence-electron chi connectivity index (χ0n) is 7.43. The molecule has 0 aliphatic carbocycles. The van der Waals surface area contributed by atoms with Crippen LogP contribution in [0.15, 0.2) is 22.1 Å². The summed E-state index contributed by atoms with van der Waals surface area (Å²) in [7, 11) is -3.45. The number of hydrogen-bond acceptors (Lipinski definition) is 6. The molecule has 2 heterocycles. The lowest BCUT2D eigenvalue weighted by Gasteiger charge is -2.12. The Balaban J connectivity index is 2.28. The molecule has 1 aromatic rings. The van der Waals surface area contributed by atoms with Crippen LogP contribution < -0.4 is 14.9 Å². The Kier molecular flexibility index (Phi) is 1.50. The van der Waals surface area contributed by atoms with E-state index in [0.717, 1.165) is 5.55 Å². The zero-order valence-corrected chi connectivity index (χ0v) is 8.24. The van der Waals surface area contributed by atoms with Crippen LogP contribution in [0.2, 0.25) is 0 Å². The van der Waals surface area contributed by atoms with E-state index in [9.17, 15) is 8.42 Å². The van der Waals surface area contributed by atoms with Crippen molar-refractivity contribution in [2.45, 2.75) is 4.90 Å². The van der Waals surface area contributed by atoms with E-state index in [2.05, 4.69) is 10.5 Å². The van der Waals surface area contributed by atoms with Crippen molar-refractivity contribution in [3.8, 4) is 11.5 Å². The van der Waals surface area contributed by atoms with E-state index in [1.54, 1.807) is 6.07 Å². The molecule has 1 N–H and O–H groups in total.